The van der Waals surface area contributed by atoms with Crippen LogP contribution in [0.25, 0.3) is 11.9 Å². The van der Waals surface area contributed by atoms with E-state index in [1.807, 2.05) is 0 Å². The van der Waals surface area contributed by atoms with E-state index in [0.29, 0.717) is 19.5 Å². The fourth-order valence-electron chi connectivity index (χ4n) is 7.24. The van der Waals surface area contributed by atoms with Gasteiger partial charge in [0.2, 0.25) is 0 Å². The first-order valence-corrected chi connectivity index (χ1v) is 16.3. The van der Waals surface area contributed by atoms with Crippen molar-refractivity contribution >= 4 is 23.4 Å². The van der Waals surface area contributed by atoms with Crippen LogP contribution in [0.1, 0.15) is 55.3 Å². The van der Waals surface area contributed by atoms with Gasteiger partial charge in [0.05, 0.1) is 31.2 Å². The van der Waals surface area contributed by atoms with E-state index >= 15 is 17.6 Å². The Labute approximate surface area is 274 Å². The van der Waals surface area contributed by atoms with Gasteiger partial charge in [-0.3, -0.25) is 4.98 Å². The molecule has 7 rings (SSSR count). The van der Waals surface area contributed by atoms with Crippen LogP contribution >= 0.6 is 0 Å². The quantitative estimate of drug-likeness (QED) is 0.224. The SMILES string of the molecule is F/C(=C\c1ccc(Oc2ccccc2F)c(C(F)(F)F)c1N1CCCC2(CCN(CC3CC3)CC2)C1)c1cncc(N2CC(F)(F)C2)n1. The van der Waals surface area contributed by atoms with E-state index in [1.54, 1.807) is 4.90 Å². The molecular weight excluding hydrogens is 639 g/mol. The molecule has 48 heavy (non-hydrogen) atoms. The first-order chi connectivity index (χ1) is 22.9. The van der Waals surface area contributed by atoms with Crippen LogP contribution in [0.5, 0.6) is 11.5 Å². The number of hydrogen-bond acceptors (Lipinski definition) is 6. The minimum absolute atomic E-state index is 0.0396. The largest absolute Gasteiger partial charge is 0.454 e. The van der Waals surface area contributed by atoms with E-state index in [9.17, 15) is 13.2 Å². The summed E-state index contributed by atoms with van der Waals surface area (Å²) in [5.74, 6) is -4.87. The monoisotopic (exact) mass is 675 g/mol. The van der Waals surface area contributed by atoms with Crippen molar-refractivity contribution in [3.05, 3.63) is 71.4 Å². The van der Waals surface area contributed by atoms with Crippen LogP contribution in [0.3, 0.4) is 0 Å². The molecular formula is C35H36F7N5O. The maximum Gasteiger partial charge on any atom is 0.422 e. The standard InChI is InChI=1S/C35H36F7N5O/c36-25-4-1-2-5-28(25)48-29-9-8-24(16-26(37)27-17-43-18-30(44-27)47-21-34(38,39)22-47)32(31(29)35(40,41)42)46-13-3-10-33(20-46)11-14-45(15-12-33)19-23-6-7-23/h1-2,4-5,8-9,16-18,23H,3,6-7,10-15,19-22H2/b26-16-. The molecule has 1 aliphatic carbocycles. The van der Waals surface area contributed by atoms with Crippen molar-refractivity contribution in [3.63, 3.8) is 0 Å². The fraction of sp³-hybridized carbons (Fsp3) is 0.486. The molecule has 4 aliphatic rings. The first kappa shape index (κ1) is 32.7. The van der Waals surface area contributed by atoms with Crippen LogP contribution in [-0.2, 0) is 6.18 Å². The minimum Gasteiger partial charge on any atom is -0.454 e. The summed E-state index contributed by atoms with van der Waals surface area (Å²) in [6.07, 6.45) is 4.07. The Hall–Kier alpha value is -3.87. The second-order valence-electron chi connectivity index (χ2n) is 13.6. The molecule has 0 atom stereocenters. The van der Waals surface area contributed by atoms with Crippen LogP contribution in [0.2, 0.25) is 0 Å². The second kappa shape index (κ2) is 12.5. The number of hydrogen-bond donors (Lipinski definition) is 0. The molecule has 6 nitrogen and oxygen atoms in total. The summed E-state index contributed by atoms with van der Waals surface area (Å²) in [6.45, 7) is 2.30. The summed E-state index contributed by atoms with van der Waals surface area (Å²) < 4.78 is 108. The molecule has 0 unspecified atom stereocenters. The zero-order valence-corrected chi connectivity index (χ0v) is 26.3. The van der Waals surface area contributed by atoms with Gasteiger partial charge in [-0.2, -0.15) is 13.2 Å². The highest BCUT2D eigenvalue weighted by Crippen LogP contribution is 2.50. The van der Waals surface area contributed by atoms with Crippen LogP contribution < -0.4 is 14.5 Å². The van der Waals surface area contributed by atoms with E-state index in [-0.39, 0.29) is 33.9 Å². The van der Waals surface area contributed by atoms with Crippen LogP contribution in [0.4, 0.5) is 42.2 Å². The highest BCUT2D eigenvalue weighted by Gasteiger charge is 2.46. The Balaban J connectivity index is 1.27. The summed E-state index contributed by atoms with van der Waals surface area (Å²) >= 11 is 0. The fourth-order valence-corrected chi connectivity index (χ4v) is 7.24. The summed E-state index contributed by atoms with van der Waals surface area (Å²) in [7, 11) is 0. The van der Waals surface area contributed by atoms with Crippen molar-refractivity contribution in [1.82, 2.24) is 14.9 Å². The lowest BCUT2D eigenvalue weighted by atomic mass is 9.72. The Morgan fingerprint density at radius 3 is 2.35 bits per heavy atom. The Morgan fingerprint density at radius 2 is 1.67 bits per heavy atom. The molecule has 0 bridgehead atoms. The molecule has 1 aromatic heterocycles. The van der Waals surface area contributed by atoms with Crippen molar-refractivity contribution in [3.8, 4) is 11.5 Å². The molecule has 4 heterocycles. The normalized spacial score (nSPS) is 21.4. The van der Waals surface area contributed by atoms with Gasteiger partial charge in [-0.05, 0) is 93.3 Å². The molecule has 3 aliphatic heterocycles. The first-order valence-electron chi connectivity index (χ1n) is 16.3. The van der Waals surface area contributed by atoms with Gasteiger partial charge < -0.3 is 19.4 Å². The number of halogens is 7. The molecule has 0 N–H and O–H groups in total. The minimum atomic E-state index is -4.95. The maximum atomic E-state index is 15.9. The van der Waals surface area contributed by atoms with Crippen molar-refractivity contribution in [2.75, 3.05) is 55.6 Å². The Bertz CT molecular complexity index is 1680. The maximum absolute atomic E-state index is 15.9. The number of benzene rings is 2. The van der Waals surface area contributed by atoms with Gasteiger partial charge in [0.1, 0.15) is 22.8 Å². The van der Waals surface area contributed by atoms with Crippen LogP contribution in [0.15, 0.2) is 48.8 Å². The third-order valence-corrected chi connectivity index (χ3v) is 9.94. The van der Waals surface area contributed by atoms with Crippen LogP contribution in [0, 0.1) is 17.2 Å². The van der Waals surface area contributed by atoms with Crippen molar-refractivity contribution in [1.29, 1.82) is 0 Å². The lowest BCUT2D eigenvalue weighted by Gasteiger charge is -2.49. The molecule has 13 heteroatoms. The van der Waals surface area contributed by atoms with Crippen molar-refractivity contribution in [2.45, 2.75) is 50.6 Å². The van der Waals surface area contributed by atoms with Crippen LogP contribution in [-0.4, -0.2) is 66.6 Å². The van der Waals surface area contributed by atoms with Gasteiger partial charge in [0, 0.05) is 25.2 Å². The summed E-state index contributed by atoms with van der Waals surface area (Å²) in [5.41, 5.74) is -1.95. The van der Waals surface area contributed by atoms with Gasteiger partial charge in [0.15, 0.2) is 17.4 Å². The molecule has 1 saturated carbocycles. The molecule has 3 aromatic rings. The van der Waals surface area contributed by atoms with Crippen molar-refractivity contribution in [2.24, 2.45) is 11.3 Å². The number of alkyl halides is 5. The summed E-state index contributed by atoms with van der Waals surface area (Å²) in [4.78, 5) is 13.5. The highest BCUT2D eigenvalue weighted by molar-refractivity contribution is 5.84. The number of piperidine rings is 2. The molecule has 0 amide bonds. The number of anilines is 2. The Kier molecular flexibility index (Phi) is 8.53. The van der Waals surface area contributed by atoms with E-state index in [2.05, 4.69) is 14.9 Å². The average Bonchev–Trinajstić information content (AvgIpc) is 3.86. The van der Waals surface area contributed by atoms with E-state index in [4.69, 9.17) is 4.74 Å². The number of rotatable bonds is 8. The molecule has 4 fully saturated rings. The summed E-state index contributed by atoms with van der Waals surface area (Å²) in [6, 6.07) is 7.60. The Morgan fingerprint density at radius 1 is 0.917 bits per heavy atom. The number of aromatic nitrogens is 2. The second-order valence-corrected chi connectivity index (χ2v) is 13.6. The topological polar surface area (TPSA) is 44.7 Å². The lowest BCUT2D eigenvalue weighted by molar-refractivity contribution is -0.138. The molecule has 1 spiro atoms. The predicted molar refractivity (Wildman–Crippen MR) is 168 cm³/mol. The number of ether oxygens (including phenoxy) is 1. The smallest absolute Gasteiger partial charge is 0.422 e. The van der Waals surface area contributed by atoms with Gasteiger partial charge in [-0.1, -0.05) is 12.1 Å². The van der Waals surface area contributed by atoms with E-state index in [1.165, 1.54) is 48.2 Å². The van der Waals surface area contributed by atoms with Gasteiger partial charge in [-0.25, -0.2) is 22.5 Å². The third-order valence-electron chi connectivity index (χ3n) is 9.94. The zero-order valence-electron chi connectivity index (χ0n) is 26.3. The van der Waals surface area contributed by atoms with E-state index in [0.717, 1.165) is 69.2 Å². The molecule has 0 radical (unpaired) electrons. The third kappa shape index (κ3) is 6.97. The van der Waals surface area contributed by atoms with Gasteiger partial charge in [0.25, 0.3) is 5.92 Å². The molecule has 2 aromatic carbocycles. The van der Waals surface area contributed by atoms with E-state index < -0.39 is 48.1 Å². The summed E-state index contributed by atoms with van der Waals surface area (Å²) in [5, 5.41) is 0. The average molecular weight is 676 g/mol. The number of para-hydroxylation sites is 1. The lowest BCUT2D eigenvalue weighted by Crippen LogP contribution is -2.56. The van der Waals surface area contributed by atoms with Gasteiger partial charge in [-0.15, -0.1) is 0 Å². The molecule has 3 saturated heterocycles. The zero-order chi connectivity index (χ0) is 33.7. The highest BCUT2D eigenvalue weighted by atomic mass is 19.4. The number of likely N-dealkylation sites (tertiary alicyclic amines) is 1. The predicted octanol–water partition coefficient (Wildman–Crippen LogP) is 8.44. The van der Waals surface area contributed by atoms with Crippen molar-refractivity contribution < 1.29 is 35.5 Å². The van der Waals surface area contributed by atoms with Gasteiger partial charge >= 0.3 is 6.18 Å². The molecule has 256 valence electrons. The number of nitrogens with zero attached hydrogens (tertiary/aromatic N) is 5.